The molecule has 17 heavy (non-hydrogen) atoms. The Balaban J connectivity index is 1.93. The van der Waals surface area contributed by atoms with Gasteiger partial charge in [0.2, 0.25) is 0 Å². The van der Waals surface area contributed by atoms with Gasteiger partial charge in [0.1, 0.15) is 0 Å². The molecule has 1 atom stereocenters. The summed E-state index contributed by atoms with van der Waals surface area (Å²) in [6.45, 7) is 2.44. The van der Waals surface area contributed by atoms with Crippen molar-refractivity contribution in [3.8, 4) is 0 Å². The molecule has 0 spiro atoms. The average molecular weight is 257 g/mol. The van der Waals surface area contributed by atoms with Crippen molar-refractivity contribution in [2.75, 3.05) is 31.1 Å². The molecule has 0 N–H and O–H groups in total. The van der Waals surface area contributed by atoms with Gasteiger partial charge in [-0.3, -0.25) is 4.79 Å². The van der Waals surface area contributed by atoms with E-state index in [1.165, 1.54) is 4.90 Å². The van der Waals surface area contributed by atoms with Gasteiger partial charge in [-0.2, -0.15) is 0 Å². The molecule has 1 aliphatic heterocycles. The van der Waals surface area contributed by atoms with Crippen LogP contribution < -0.4 is 4.90 Å². The lowest BCUT2D eigenvalue weighted by molar-refractivity contribution is -0.133. The maximum atomic E-state index is 12.7. The molecule has 0 bridgehead atoms. The second kappa shape index (κ2) is 5.36. The molecule has 1 heterocycles. The molecular weight excluding hydrogens is 243 g/mol. The zero-order valence-electron chi connectivity index (χ0n) is 9.35. The van der Waals surface area contributed by atoms with Gasteiger partial charge in [0.25, 0.3) is 11.5 Å². The molecule has 92 valence electrons. The summed E-state index contributed by atoms with van der Waals surface area (Å²) in [5.41, 5.74) is -0.791. The van der Waals surface area contributed by atoms with Crippen molar-refractivity contribution in [3.05, 3.63) is 30.3 Å². The number of benzene rings is 1. The Kier molecular flexibility index (Phi) is 3.84. The summed E-state index contributed by atoms with van der Waals surface area (Å²) in [7, 11) is 0. The molecule has 0 aromatic heterocycles. The van der Waals surface area contributed by atoms with E-state index in [1.54, 1.807) is 0 Å². The number of amides is 1. The number of carbonyl (C=O) groups is 1. The summed E-state index contributed by atoms with van der Waals surface area (Å²) in [4.78, 5) is 15.0. The van der Waals surface area contributed by atoms with E-state index >= 15 is 0 Å². The van der Waals surface area contributed by atoms with Gasteiger partial charge in [-0.05, 0) is 12.1 Å². The second-order valence-electron chi connectivity index (χ2n) is 3.95. The molecule has 1 aromatic carbocycles. The van der Waals surface area contributed by atoms with E-state index in [9.17, 15) is 9.18 Å². The Labute approximate surface area is 105 Å². The molecule has 1 aromatic rings. The minimum atomic E-state index is -1.92. The minimum Gasteiger partial charge on any atom is -0.368 e. The van der Waals surface area contributed by atoms with Gasteiger partial charge in [0, 0.05) is 31.9 Å². The molecule has 1 fully saturated rings. The van der Waals surface area contributed by atoms with Crippen LogP contribution in [0.2, 0.25) is 0 Å². The molecule has 1 aliphatic rings. The largest absolute Gasteiger partial charge is 0.368 e. The Morgan fingerprint density at radius 1 is 1.18 bits per heavy atom. The van der Waals surface area contributed by atoms with Crippen LogP contribution >= 0.6 is 11.6 Å². The first-order valence-corrected chi connectivity index (χ1v) is 5.99. The molecule has 1 saturated heterocycles. The van der Waals surface area contributed by atoms with Gasteiger partial charge in [-0.25, -0.2) is 4.39 Å². The predicted molar refractivity (Wildman–Crippen MR) is 66.0 cm³/mol. The zero-order chi connectivity index (χ0) is 12.3. The molecule has 1 amide bonds. The fourth-order valence-electron chi connectivity index (χ4n) is 1.96. The minimum absolute atomic E-state index is 0.515. The van der Waals surface area contributed by atoms with Crippen molar-refractivity contribution in [2.24, 2.45) is 0 Å². The lowest BCUT2D eigenvalue weighted by Crippen LogP contribution is -2.50. The highest BCUT2D eigenvalue weighted by molar-refractivity contribution is 6.29. The number of piperazine rings is 1. The van der Waals surface area contributed by atoms with E-state index in [-0.39, 0.29) is 0 Å². The van der Waals surface area contributed by atoms with Crippen LogP contribution in [0, 0.1) is 0 Å². The van der Waals surface area contributed by atoms with Gasteiger partial charge < -0.3 is 9.80 Å². The molecule has 0 radical (unpaired) electrons. The third-order valence-electron chi connectivity index (χ3n) is 2.90. The molecular formula is C12H14ClFN2O. The summed E-state index contributed by atoms with van der Waals surface area (Å²) in [5.74, 6) is -0.626. The van der Waals surface area contributed by atoms with E-state index < -0.39 is 11.5 Å². The monoisotopic (exact) mass is 256 g/mol. The van der Waals surface area contributed by atoms with Crippen molar-refractivity contribution in [1.82, 2.24) is 4.90 Å². The first-order chi connectivity index (χ1) is 8.18. The average Bonchev–Trinajstić information content (AvgIpc) is 2.39. The lowest BCUT2D eigenvalue weighted by Gasteiger charge is -2.36. The summed E-state index contributed by atoms with van der Waals surface area (Å²) in [5, 5.41) is 0. The fourth-order valence-corrected chi connectivity index (χ4v) is 2.10. The van der Waals surface area contributed by atoms with E-state index in [2.05, 4.69) is 4.90 Å². The standard InChI is InChI=1S/C12H14ClFN2O/c13-11(14)12(17)16-8-6-15(7-9-16)10-4-2-1-3-5-10/h1-5,11H,6-9H2. The summed E-state index contributed by atoms with van der Waals surface area (Å²) < 4.78 is 12.7. The van der Waals surface area contributed by atoms with Crippen LogP contribution in [0.5, 0.6) is 0 Å². The number of hydrogen-bond donors (Lipinski definition) is 0. The van der Waals surface area contributed by atoms with Gasteiger partial charge in [0.15, 0.2) is 0 Å². The maximum absolute atomic E-state index is 12.7. The SMILES string of the molecule is O=C(C(F)Cl)N1CCN(c2ccccc2)CC1. The van der Waals surface area contributed by atoms with E-state index in [1.807, 2.05) is 30.3 Å². The Morgan fingerprint density at radius 2 is 1.76 bits per heavy atom. The molecule has 0 aliphatic carbocycles. The number of anilines is 1. The lowest BCUT2D eigenvalue weighted by atomic mass is 10.2. The first kappa shape index (κ1) is 12.2. The van der Waals surface area contributed by atoms with Crippen LogP contribution in [0.1, 0.15) is 0 Å². The number of carbonyl (C=O) groups excluding carboxylic acids is 1. The van der Waals surface area contributed by atoms with E-state index in [4.69, 9.17) is 11.6 Å². The van der Waals surface area contributed by atoms with E-state index in [0.29, 0.717) is 26.2 Å². The van der Waals surface area contributed by atoms with Crippen LogP contribution in [0.4, 0.5) is 10.1 Å². The molecule has 1 unspecified atom stereocenters. The normalized spacial score (nSPS) is 18.0. The smallest absolute Gasteiger partial charge is 0.272 e. The number of halogens is 2. The first-order valence-electron chi connectivity index (χ1n) is 5.55. The quantitative estimate of drug-likeness (QED) is 0.755. The van der Waals surface area contributed by atoms with Crippen molar-refractivity contribution < 1.29 is 9.18 Å². The fraction of sp³-hybridized carbons (Fsp3) is 0.417. The maximum Gasteiger partial charge on any atom is 0.272 e. The highest BCUT2D eigenvalue weighted by Crippen LogP contribution is 2.16. The molecule has 0 saturated carbocycles. The summed E-state index contributed by atoms with van der Waals surface area (Å²) in [6.07, 6.45) is 0. The number of alkyl halides is 2. The van der Waals surface area contributed by atoms with Crippen molar-refractivity contribution >= 4 is 23.2 Å². The summed E-state index contributed by atoms with van der Waals surface area (Å²) >= 11 is 5.14. The van der Waals surface area contributed by atoms with Crippen LogP contribution in [0.3, 0.4) is 0 Å². The highest BCUT2D eigenvalue weighted by atomic mass is 35.5. The third kappa shape index (κ3) is 2.88. The Bertz CT molecular complexity index is 377. The van der Waals surface area contributed by atoms with Crippen molar-refractivity contribution in [2.45, 2.75) is 5.63 Å². The van der Waals surface area contributed by atoms with Crippen LogP contribution in [-0.4, -0.2) is 42.6 Å². The number of nitrogens with zero attached hydrogens (tertiary/aromatic N) is 2. The van der Waals surface area contributed by atoms with E-state index in [0.717, 1.165) is 5.69 Å². The topological polar surface area (TPSA) is 23.6 Å². The Hall–Kier alpha value is -1.29. The summed E-state index contributed by atoms with van der Waals surface area (Å²) in [6, 6.07) is 9.96. The molecule has 3 nitrogen and oxygen atoms in total. The molecule has 5 heteroatoms. The van der Waals surface area contributed by atoms with Gasteiger partial charge in [0.05, 0.1) is 0 Å². The van der Waals surface area contributed by atoms with Crippen molar-refractivity contribution in [3.63, 3.8) is 0 Å². The molecule has 2 rings (SSSR count). The number of rotatable bonds is 2. The number of para-hydroxylation sites is 1. The highest BCUT2D eigenvalue weighted by Gasteiger charge is 2.25. The van der Waals surface area contributed by atoms with Gasteiger partial charge in [-0.1, -0.05) is 29.8 Å². The van der Waals surface area contributed by atoms with Crippen molar-refractivity contribution in [1.29, 1.82) is 0 Å². The van der Waals surface area contributed by atoms with Gasteiger partial charge >= 0.3 is 0 Å². The number of hydrogen-bond acceptors (Lipinski definition) is 2. The van der Waals surface area contributed by atoms with Crippen LogP contribution in [0.15, 0.2) is 30.3 Å². The van der Waals surface area contributed by atoms with Crippen LogP contribution in [0.25, 0.3) is 0 Å². The van der Waals surface area contributed by atoms with Crippen LogP contribution in [-0.2, 0) is 4.79 Å². The zero-order valence-corrected chi connectivity index (χ0v) is 10.1. The Morgan fingerprint density at radius 3 is 2.29 bits per heavy atom. The predicted octanol–water partition coefficient (Wildman–Crippen LogP) is 1.87. The third-order valence-corrected chi connectivity index (χ3v) is 3.09. The second-order valence-corrected chi connectivity index (χ2v) is 4.33. The van der Waals surface area contributed by atoms with Gasteiger partial charge in [-0.15, -0.1) is 0 Å².